The van der Waals surface area contributed by atoms with Crippen molar-refractivity contribution < 1.29 is 5.11 Å². The fourth-order valence-corrected chi connectivity index (χ4v) is 0.962. The summed E-state index contributed by atoms with van der Waals surface area (Å²) >= 11 is 4.04. The van der Waals surface area contributed by atoms with Crippen LogP contribution in [0.5, 0.6) is 0 Å². The maximum absolute atomic E-state index is 8.85. The van der Waals surface area contributed by atoms with Gasteiger partial charge < -0.3 is 5.11 Å². The van der Waals surface area contributed by atoms with Crippen molar-refractivity contribution in [3.8, 4) is 11.8 Å². The molecular formula is C10H11NOS. The van der Waals surface area contributed by atoms with Crippen molar-refractivity contribution in [2.24, 2.45) is 0 Å². The second kappa shape index (κ2) is 5.63. The second-order valence-electron chi connectivity index (χ2n) is 2.48. The molecule has 3 heteroatoms. The van der Waals surface area contributed by atoms with Crippen LogP contribution in [0.15, 0.2) is 18.3 Å². The van der Waals surface area contributed by atoms with Gasteiger partial charge in [0.15, 0.2) is 0 Å². The highest BCUT2D eigenvalue weighted by Gasteiger charge is 1.91. The standard InChI is InChI=1S/C10H11NOS/c12-8-9-4-5-11-10(7-9)3-1-2-6-13/h4-5,7,12-13H,2,6,8H2. The molecule has 0 spiro atoms. The minimum absolute atomic E-state index is 0.0315. The molecule has 0 saturated heterocycles. The van der Waals surface area contributed by atoms with Gasteiger partial charge in [0.05, 0.1) is 6.61 Å². The van der Waals surface area contributed by atoms with Crippen molar-refractivity contribution in [3.63, 3.8) is 0 Å². The predicted octanol–water partition coefficient (Wildman–Crippen LogP) is 1.25. The van der Waals surface area contributed by atoms with Gasteiger partial charge in [-0.1, -0.05) is 5.92 Å². The Labute approximate surface area is 83.4 Å². The number of aliphatic hydroxyl groups is 1. The van der Waals surface area contributed by atoms with Gasteiger partial charge in [0.1, 0.15) is 5.69 Å². The summed E-state index contributed by atoms with van der Waals surface area (Å²) in [4.78, 5) is 4.05. The third-order valence-electron chi connectivity index (χ3n) is 1.46. The van der Waals surface area contributed by atoms with E-state index in [0.29, 0.717) is 5.69 Å². The number of aliphatic hydroxyl groups excluding tert-OH is 1. The first-order valence-electron chi connectivity index (χ1n) is 4.02. The fraction of sp³-hybridized carbons (Fsp3) is 0.300. The van der Waals surface area contributed by atoms with E-state index in [4.69, 9.17) is 5.11 Å². The number of hydrogen-bond acceptors (Lipinski definition) is 3. The van der Waals surface area contributed by atoms with E-state index in [9.17, 15) is 0 Å². The number of rotatable bonds is 2. The molecule has 68 valence electrons. The molecule has 0 radical (unpaired) electrons. The molecule has 0 aliphatic rings. The van der Waals surface area contributed by atoms with E-state index in [1.54, 1.807) is 18.3 Å². The first-order valence-corrected chi connectivity index (χ1v) is 4.65. The van der Waals surface area contributed by atoms with E-state index in [1.165, 1.54) is 0 Å². The van der Waals surface area contributed by atoms with E-state index in [2.05, 4.69) is 29.5 Å². The molecule has 1 N–H and O–H groups in total. The Morgan fingerprint density at radius 2 is 2.38 bits per heavy atom. The lowest BCUT2D eigenvalue weighted by molar-refractivity contribution is 0.281. The molecule has 0 unspecified atom stereocenters. The van der Waals surface area contributed by atoms with Crippen molar-refractivity contribution in [1.29, 1.82) is 0 Å². The molecule has 13 heavy (non-hydrogen) atoms. The van der Waals surface area contributed by atoms with Crippen LogP contribution in [-0.4, -0.2) is 15.8 Å². The summed E-state index contributed by atoms with van der Waals surface area (Å²) in [5, 5.41) is 8.85. The summed E-state index contributed by atoms with van der Waals surface area (Å²) in [6.45, 7) is 0.0315. The molecule has 1 heterocycles. The largest absolute Gasteiger partial charge is 0.392 e. The first kappa shape index (κ1) is 10.1. The molecule has 0 aliphatic heterocycles. The van der Waals surface area contributed by atoms with Gasteiger partial charge in [0, 0.05) is 18.4 Å². The van der Waals surface area contributed by atoms with Gasteiger partial charge in [-0.2, -0.15) is 12.6 Å². The van der Waals surface area contributed by atoms with Crippen molar-refractivity contribution >= 4 is 12.6 Å². The van der Waals surface area contributed by atoms with Crippen LogP contribution < -0.4 is 0 Å². The highest BCUT2D eigenvalue weighted by molar-refractivity contribution is 7.80. The Morgan fingerprint density at radius 3 is 3.08 bits per heavy atom. The van der Waals surface area contributed by atoms with Crippen LogP contribution in [0.1, 0.15) is 17.7 Å². The van der Waals surface area contributed by atoms with E-state index in [-0.39, 0.29) is 6.61 Å². The summed E-state index contributed by atoms with van der Waals surface area (Å²) < 4.78 is 0. The van der Waals surface area contributed by atoms with Gasteiger partial charge in [-0.25, -0.2) is 4.98 Å². The van der Waals surface area contributed by atoms with Crippen LogP contribution in [0.3, 0.4) is 0 Å². The molecule has 0 saturated carbocycles. The first-order chi connectivity index (χ1) is 6.36. The molecule has 1 rings (SSSR count). The summed E-state index contributed by atoms with van der Waals surface area (Å²) in [6.07, 6.45) is 2.41. The number of nitrogens with zero attached hydrogens (tertiary/aromatic N) is 1. The molecule has 0 bridgehead atoms. The van der Waals surface area contributed by atoms with Crippen LogP contribution in [0, 0.1) is 11.8 Å². The smallest absolute Gasteiger partial charge is 0.113 e. The van der Waals surface area contributed by atoms with Gasteiger partial charge in [0.2, 0.25) is 0 Å². The molecule has 1 aromatic heterocycles. The molecule has 2 nitrogen and oxygen atoms in total. The molecule has 0 atom stereocenters. The van der Waals surface area contributed by atoms with Crippen LogP contribution in [-0.2, 0) is 6.61 Å². The topological polar surface area (TPSA) is 33.1 Å². The Kier molecular flexibility index (Phi) is 4.37. The number of pyridine rings is 1. The summed E-state index contributed by atoms with van der Waals surface area (Å²) in [5.74, 6) is 6.59. The zero-order valence-electron chi connectivity index (χ0n) is 7.20. The maximum atomic E-state index is 8.85. The Bertz CT molecular complexity index is 327. The Morgan fingerprint density at radius 1 is 1.54 bits per heavy atom. The van der Waals surface area contributed by atoms with Crippen molar-refractivity contribution in [1.82, 2.24) is 4.98 Å². The molecule has 1 aromatic rings. The van der Waals surface area contributed by atoms with E-state index in [0.717, 1.165) is 17.7 Å². The van der Waals surface area contributed by atoms with Crippen LogP contribution in [0.2, 0.25) is 0 Å². The van der Waals surface area contributed by atoms with Gasteiger partial charge >= 0.3 is 0 Å². The molecule has 0 amide bonds. The Hall–Kier alpha value is -0.980. The minimum Gasteiger partial charge on any atom is -0.392 e. The highest BCUT2D eigenvalue weighted by atomic mass is 32.1. The van der Waals surface area contributed by atoms with Crippen molar-refractivity contribution in [2.45, 2.75) is 13.0 Å². The number of hydrogen-bond donors (Lipinski definition) is 2. The molecule has 0 fully saturated rings. The Balaban J connectivity index is 2.73. The minimum atomic E-state index is 0.0315. The predicted molar refractivity (Wildman–Crippen MR) is 55.5 cm³/mol. The van der Waals surface area contributed by atoms with Crippen LogP contribution in [0.25, 0.3) is 0 Å². The SMILES string of the molecule is OCc1ccnc(C#CCCS)c1. The lowest BCUT2D eigenvalue weighted by Crippen LogP contribution is -1.87. The quantitative estimate of drug-likeness (QED) is 0.547. The summed E-state index contributed by atoms with van der Waals surface area (Å²) in [6, 6.07) is 3.55. The van der Waals surface area contributed by atoms with E-state index in [1.807, 2.05) is 0 Å². The maximum Gasteiger partial charge on any atom is 0.113 e. The number of aromatic nitrogens is 1. The summed E-state index contributed by atoms with van der Waals surface area (Å²) in [7, 11) is 0. The highest BCUT2D eigenvalue weighted by Crippen LogP contribution is 1.99. The van der Waals surface area contributed by atoms with Crippen molar-refractivity contribution in [2.75, 3.05) is 5.75 Å². The third-order valence-corrected chi connectivity index (χ3v) is 1.68. The normalized spacial score (nSPS) is 9.08. The van der Waals surface area contributed by atoms with Gasteiger partial charge in [-0.3, -0.25) is 0 Å². The van der Waals surface area contributed by atoms with Gasteiger partial charge in [0.25, 0.3) is 0 Å². The molecule has 0 aliphatic carbocycles. The van der Waals surface area contributed by atoms with Gasteiger partial charge in [-0.15, -0.1) is 0 Å². The van der Waals surface area contributed by atoms with Crippen molar-refractivity contribution in [3.05, 3.63) is 29.6 Å². The summed E-state index contributed by atoms with van der Waals surface area (Å²) in [5.41, 5.74) is 1.54. The third kappa shape index (κ3) is 3.49. The average molecular weight is 193 g/mol. The fourth-order valence-electron chi connectivity index (χ4n) is 0.850. The average Bonchev–Trinajstić information content (AvgIpc) is 2.19. The lowest BCUT2D eigenvalue weighted by Gasteiger charge is -1.94. The van der Waals surface area contributed by atoms with E-state index < -0.39 is 0 Å². The van der Waals surface area contributed by atoms with Gasteiger partial charge in [-0.05, 0) is 23.6 Å². The molecular weight excluding hydrogens is 182 g/mol. The van der Waals surface area contributed by atoms with Crippen LogP contribution >= 0.6 is 12.6 Å². The second-order valence-corrected chi connectivity index (χ2v) is 2.93. The van der Waals surface area contributed by atoms with Crippen LogP contribution in [0.4, 0.5) is 0 Å². The van der Waals surface area contributed by atoms with E-state index >= 15 is 0 Å². The lowest BCUT2D eigenvalue weighted by atomic mass is 10.2. The number of thiol groups is 1. The zero-order valence-corrected chi connectivity index (χ0v) is 8.09. The zero-order chi connectivity index (χ0) is 9.52. The monoisotopic (exact) mass is 193 g/mol. The molecule has 0 aromatic carbocycles.